The summed E-state index contributed by atoms with van der Waals surface area (Å²) in [5.74, 6) is 1.19. The molecule has 1 saturated carbocycles. The van der Waals surface area contributed by atoms with Crippen LogP contribution in [0, 0.1) is 0 Å². The number of thiophene rings is 1. The highest BCUT2D eigenvalue weighted by atomic mass is 35.5. The van der Waals surface area contributed by atoms with E-state index in [-0.39, 0.29) is 6.10 Å². The third-order valence-corrected chi connectivity index (χ3v) is 8.05. The van der Waals surface area contributed by atoms with Gasteiger partial charge in [0.05, 0.1) is 27.6 Å². The molecule has 0 bridgehead atoms. The Labute approximate surface area is 214 Å². The fourth-order valence-corrected chi connectivity index (χ4v) is 5.91. The van der Waals surface area contributed by atoms with Crippen molar-refractivity contribution in [1.29, 1.82) is 0 Å². The summed E-state index contributed by atoms with van der Waals surface area (Å²) >= 11 is 14.5. The van der Waals surface area contributed by atoms with E-state index in [0.29, 0.717) is 39.7 Å². The second-order valence-electron chi connectivity index (χ2n) is 8.86. The van der Waals surface area contributed by atoms with E-state index in [0.717, 1.165) is 60.7 Å². The predicted molar refractivity (Wildman–Crippen MR) is 134 cm³/mol. The standard InChI is InChI=1S/C24H22Cl2N4O4S/c25-17-2-1-3-18(26)20(17)21-16(22(33-28-21)13-4-5-13)11-32-15-6-8-30(9-7-15)14-10-19(35-12-14)23-27-24(31)34-29-23/h1-3,10,12-13,15H,4-9,11H2,(H,27,29,31). The van der Waals surface area contributed by atoms with Crippen molar-refractivity contribution in [2.45, 2.75) is 44.3 Å². The SMILES string of the molecule is O=c1[nH]c(-c2cc(N3CCC(OCc4c(-c5c(Cl)cccc5Cl)noc4C4CC4)CC3)cs2)no1. The van der Waals surface area contributed by atoms with E-state index in [9.17, 15) is 4.79 Å². The number of hydrogen-bond acceptors (Lipinski definition) is 8. The molecule has 1 aromatic carbocycles. The van der Waals surface area contributed by atoms with Crippen LogP contribution in [0.2, 0.25) is 10.0 Å². The van der Waals surface area contributed by atoms with Crippen molar-refractivity contribution in [3.8, 4) is 22.0 Å². The molecule has 4 heterocycles. The Bertz CT molecular complexity index is 1380. The van der Waals surface area contributed by atoms with E-state index >= 15 is 0 Å². The molecule has 1 aliphatic carbocycles. The first-order chi connectivity index (χ1) is 17.1. The first-order valence-corrected chi connectivity index (χ1v) is 13.1. The van der Waals surface area contributed by atoms with Gasteiger partial charge in [0.15, 0.2) is 5.82 Å². The smallest absolute Gasteiger partial charge is 0.373 e. The maximum atomic E-state index is 11.2. The Morgan fingerprint density at radius 2 is 1.89 bits per heavy atom. The monoisotopic (exact) mass is 532 g/mol. The maximum Gasteiger partial charge on any atom is 0.439 e. The molecule has 0 atom stereocenters. The Morgan fingerprint density at radius 3 is 2.57 bits per heavy atom. The van der Waals surface area contributed by atoms with Crippen LogP contribution in [-0.2, 0) is 11.3 Å². The van der Waals surface area contributed by atoms with Gasteiger partial charge in [0.25, 0.3) is 0 Å². The minimum atomic E-state index is -0.550. The molecule has 35 heavy (non-hydrogen) atoms. The number of H-pyrrole nitrogens is 1. The van der Waals surface area contributed by atoms with Crippen molar-refractivity contribution in [3.05, 3.63) is 61.6 Å². The molecule has 11 heteroatoms. The van der Waals surface area contributed by atoms with Crippen molar-refractivity contribution in [2.24, 2.45) is 0 Å². The van der Waals surface area contributed by atoms with Gasteiger partial charge in [-0.05, 0) is 43.9 Å². The minimum absolute atomic E-state index is 0.132. The number of benzene rings is 1. The quantitative estimate of drug-likeness (QED) is 0.306. The molecule has 0 amide bonds. The van der Waals surface area contributed by atoms with Crippen LogP contribution in [0.25, 0.3) is 22.0 Å². The van der Waals surface area contributed by atoms with Gasteiger partial charge in [-0.2, -0.15) is 0 Å². The molecule has 1 aliphatic heterocycles. The molecule has 182 valence electrons. The fraction of sp³-hybridized carbons (Fsp3) is 0.375. The van der Waals surface area contributed by atoms with Gasteiger partial charge in [-0.3, -0.25) is 9.51 Å². The Hall–Kier alpha value is -2.59. The molecule has 4 aromatic rings. The van der Waals surface area contributed by atoms with Crippen LogP contribution in [0.1, 0.15) is 42.9 Å². The van der Waals surface area contributed by atoms with Crippen molar-refractivity contribution < 1.29 is 13.8 Å². The Balaban J connectivity index is 1.12. The van der Waals surface area contributed by atoms with E-state index < -0.39 is 5.76 Å². The van der Waals surface area contributed by atoms with Gasteiger partial charge in [0.1, 0.15) is 11.5 Å². The highest BCUT2D eigenvalue weighted by Gasteiger charge is 2.34. The van der Waals surface area contributed by atoms with Gasteiger partial charge in [-0.25, -0.2) is 4.79 Å². The van der Waals surface area contributed by atoms with Crippen molar-refractivity contribution in [1.82, 2.24) is 15.3 Å². The minimum Gasteiger partial charge on any atom is -0.373 e. The molecule has 1 saturated heterocycles. The van der Waals surface area contributed by atoms with Crippen LogP contribution in [-0.4, -0.2) is 34.5 Å². The molecule has 1 N–H and O–H groups in total. The number of anilines is 1. The zero-order chi connectivity index (χ0) is 23.9. The molecule has 0 radical (unpaired) electrons. The number of aromatic nitrogens is 3. The molecule has 8 nitrogen and oxygen atoms in total. The molecule has 6 rings (SSSR count). The zero-order valence-electron chi connectivity index (χ0n) is 18.6. The van der Waals surface area contributed by atoms with E-state index in [2.05, 4.69) is 30.1 Å². The summed E-state index contributed by atoms with van der Waals surface area (Å²) in [5.41, 5.74) is 3.44. The lowest BCUT2D eigenvalue weighted by Gasteiger charge is -2.32. The summed E-state index contributed by atoms with van der Waals surface area (Å²) < 4.78 is 16.7. The van der Waals surface area contributed by atoms with Gasteiger partial charge in [0.2, 0.25) is 0 Å². The summed E-state index contributed by atoms with van der Waals surface area (Å²) in [5, 5.41) is 11.3. The Kier molecular flexibility index (Phi) is 6.18. The summed E-state index contributed by atoms with van der Waals surface area (Å²) in [4.78, 5) is 17.0. The number of nitrogens with zero attached hydrogens (tertiary/aromatic N) is 3. The fourth-order valence-electron chi connectivity index (χ4n) is 4.48. The average molecular weight is 533 g/mol. The lowest BCUT2D eigenvalue weighted by Crippen LogP contribution is -2.36. The van der Waals surface area contributed by atoms with Crippen LogP contribution in [0.4, 0.5) is 5.69 Å². The van der Waals surface area contributed by atoms with Crippen LogP contribution < -0.4 is 10.7 Å². The second kappa shape index (κ2) is 9.46. The van der Waals surface area contributed by atoms with Crippen LogP contribution in [0.3, 0.4) is 0 Å². The van der Waals surface area contributed by atoms with Gasteiger partial charge in [-0.15, -0.1) is 11.3 Å². The summed E-state index contributed by atoms with van der Waals surface area (Å²) in [6.07, 6.45) is 4.13. The predicted octanol–water partition coefficient (Wildman–Crippen LogP) is 6.12. The molecule has 2 fully saturated rings. The van der Waals surface area contributed by atoms with Crippen molar-refractivity contribution >= 4 is 40.2 Å². The molecule has 2 aliphatic rings. The van der Waals surface area contributed by atoms with Gasteiger partial charge >= 0.3 is 5.76 Å². The highest BCUT2D eigenvalue weighted by molar-refractivity contribution is 7.14. The van der Waals surface area contributed by atoms with E-state index in [1.807, 2.05) is 24.3 Å². The number of nitrogens with one attached hydrogen (secondary N) is 1. The summed E-state index contributed by atoms with van der Waals surface area (Å²) in [6.45, 7) is 2.16. The van der Waals surface area contributed by atoms with Crippen LogP contribution >= 0.6 is 34.5 Å². The van der Waals surface area contributed by atoms with Gasteiger partial charge in [-0.1, -0.05) is 39.6 Å². The lowest BCUT2D eigenvalue weighted by molar-refractivity contribution is 0.0246. The maximum absolute atomic E-state index is 11.2. The number of aromatic amines is 1. The first kappa shape index (κ1) is 22.8. The molecular formula is C24H22Cl2N4O4S. The number of rotatable bonds is 7. The molecule has 0 unspecified atom stereocenters. The normalized spacial score (nSPS) is 16.8. The number of ether oxygens (including phenoxy) is 1. The molecule has 3 aromatic heterocycles. The molecule has 0 spiro atoms. The zero-order valence-corrected chi connectivity index (χ0v) is 21.0. The van der Waals surface area contributed by atoms with Gasteiger partial charge in [0, 0.05) is 41.2 Å². The first-order valence-electron chi connectivity index (χ1n) is 11.5. The summed E-state index contributed by atoms with van der Waals surface area (Å²) in [6, 6.07) is 7.47. The largest absolute Gasteiger partial charge is 0.439 e. The highest BCUT2D eigenvalue weighted by Crippen LogP contribution is 2.46. The average Bonchev–Trinajstić information content (AvgIpc) is 3.23. The van der Waals surface area contributed by atoms with E-state index in [1.165, 1.54) is 11.3 Å². The topological polar surface area (TPSA) is 97.4 Å². The Morgan fingerprint density at radius 1 is 1.11 bits per heavy atom. The van der Waals surface area contributed by atoms with E-state index in [4.69, 9.17) is 32.5 Å². The number of piperidine rings is 1. The van der Waals surface area contributed by atoms with Gasteiger partial charge < -0.3 is 14.2 Å². The van der Waals surface area contributed by atoms with Crippen LogP contribution in [0.15, 0.2) is 43.5 Å². The number of halogens is 2. The summed E-state index contributed by atoms with van der Waals surface area (Å²) in [7, 11) is 0. The second-order valence-corrected chi connectivity index (χ2v) is 10.6. The van der Waals surface area contributed by atoms with Crippen molar-refractivity contribution in [3.63, 3.8) is 0 Å². The number of hydrogen-bond donors (Lipinski definition) is 1. The van der Waals surface area contributed by atoms with Crippen LogP contribution in [0.5, 0.6) is 0 Å². The van der Waals surface area contributed by atoms with Crippen molar-refractivity contribution in [2.75, 3.05) is 18.0 Å². The lowest BCUT2D eigenvalue weighted by atomic mass is 10.0. The molecular weight excluding hydrogens is 511 g/mol. The van der Waals surface area contributed by atoms with E-state index in [1.54, 1.807) is 0 Å². The third-order valence-electron chi connectivity index (χ3n) is 6.50. The third kappa shape index (κ3) is 4.65.